The van der Waals surface area contributed by atoms with Crippen molar-refractivity contribution in [3.63, 3.8) is 0 Å². The lowest BCUT2D eigenvalue weighted by Crippen LogP contribution is -2.48. The molecule has 1 amide bonds. The number of rotatable bonds is 18. The summed E-state index contributed by atoms with van der Waals surface area (Å²) >= 11 is 0. The highest BCUT2D eigenvalue weighted by molar-refractivity contribution is 5.95. The summed E-state index contributed by atoms with van der Waals surface area (Å²) in [7, 11) is 0. The Morgan fingerprint density at radius 2 is 1.77 bits per heavy atom. The average molecular weight is 857 g/mol. The maximum absolute atomic E-state index is 14.9. The highest BCUT2D eigenvalue weighted by Crippen LogP contribution is 2.58. The topological polar surface area (TPSA) is 175 Å². The quantitative estimate of drug-likeness (QED) is 0.140. The van der Waals surface area contributed by atoms with E-state index >= 15 is 0 Å². The number of carbonyl (C=O) groups is 4. The van der Waals surface area contributed by atoms with Crippen molar-refractivity contribution in [1.82, 2.24) is 24.6 Å². The second kappa shape index (κ2) is 17.8. The van der Waals surface area contributed by atoms with Gasteiger partial charge in [0.25, 0.3) is 0 Å². The van der Waals surface area contributed by atoms with Crippen LogP contribution in [-0.2, 0) is 28.7 Å². The number of pyridine rings is 1. The second-order valence-electron chi connectivity index (χ2n) is 19.8. The van der Waals surface area contributed by atoms with Gasteiger partial charge >= 0.3 is 11.9 Å². The lowest BCUT2D eigenvalue weighted by atomic mass is 9.77. The number of benzene rings is 1. The highest BCUT2D eigenvalue weighted by atomic mass is 16.5. The van der Waals surface area contributed by atoms with Gasteiger partial charge in [0.2, 0.25) is 5.91 Å². The molecular weight excluding hydrogens is 793 g/mol. The molecule has 3 saturated carbocycles. The summed E-state index contributed by atoms with van der Waals surface area (Å²) in [5.41, 5.74) is -1.17. The van der Waals surface area contributed by atoms with Crippen LogP contribution in [0, 0.1) is 34.5 Å². The number of carboxylic acids is 1. The van der Waals surface area contributed by atoms with E-state index in [9.17, 15) is 24.3 Å². The number of aromatic nitrogens is 3. The molecule has 2 saturated heterocycles. The third kappa shape index (κ3) is 9.73. The number of likely N-dealkylation sites (tertiary alicyclic amines) is 1. The van der Waals surface area contributed by atoms with Gasteiger partial charge in [0.05, 0.1) is 49.1 Å². The van der Waals surface area contributed by atoms with E-state index in [-0.39, 0.29) is 55.6 Å². The van der Waals surface area contributed by atoms with Gasteiger partial charge in [0, 0.05) is 68.3 Å². The standard InChI is InChI=1S/C47H64N6O9/c1-7-31-25-47(31,45(57)58)26-39(54)38-22-34(27-52(38)44(56)36(46(4,5)6)23-43(55)62-33-19-29-18-30(29)20-33)61-40-24-42(53-11-10-41(50-53)48-28(2)3)49-37-21-32(8-9-35(37)40)60-17-14-51-12-15-59-16-13-51/h8-11,21,24,28-31,33-34,36,38H,7,12-20,22-23,25-27H2,1-6H3,(H,48,50)(H,57,58)/t29-,30?,31+,33?,34?,36+,38-,47+/m0/s1. The number of morpholine rings is 1. The maximum atomic E-state index is 14.9. The van der Waals surface area contributed by atoms with Gasteiger partial charge in [-0.05, 0) is 74.8 Å². The lowest BCUT2D eigenvalue weighted by molar-refractivity contribution is -0.157. The van der Waals surface area contributed by atoms with Gasteiger partial charge in [-0.1, -0.05) is 34.1 Å². The molecule has 2 aromatic heterocycles. The number of anilines is 1. The van der Waals surface area contributed by atoms with E-state index in [4.69, 9.17) is 29.0 Å². The molecule has 336 valence electrons. The van der Waals surface area contributed by atoms with Crippen LogP contribution in [0.15, 0.2) is 36.5 Å². The average Bonchev–Trinajstić information content (AvgIpc) is 3.89. The number of nitrogens with one attached hydrogen (secondary N) is 1. The van der Waals surface area contributed by atoms with Crippen LogP contribution in [0.25, 0.3) is 16.7 Å². The Morgan fingerprint density at radius 3 is 2.45 bits per heavy atom. The van der Waals surface area contributed by atoms with Crippen molar-refractivity contribution in [3.8, 4) is 17.3 Å². The normalized spacial score (nSPS) is 27.5. The predicted molar refractivity (Wildman–Crippen MR) is 231 cm³/mol. The summed E-state index contributed by atoms with van der Waals surface area (Å²) in [4.78, 5) is 64.2. The SMILES string of the molecule is CC[C@@H]1C[C@]1(CC(=O)[C@@H]1CC(Oc2cc(-n3ccc(NC(C)C)n3)nc3cc(OCCN4CCOCC4)ccc23)CN1C(=O)[C@@H](CC(=O)OC1CC2C[C@H]2C1)C(C)(C)C)C(=O)O. The molecule has 0 spiro atoms. The molecule has 2 aliphatic heterocycles. The van der Waals surface area contributed by atoms with Gasteiger partial charge in [-0.25, -0.2) is 9.67 Å². The first-order valence-corrected chi connectivity index (χ1v) is 22.7. The van der Waals surface area contributed by atoms with Crippen molar-refractivity contribution in [1.29, 1.82) is 0 Å². The number of amides is 1. The van der Waals surface area contributed by atoms with Crippen LogP contribution in [-0.4, -0.2) is 124 Å². The van der Waals surface area contributed by atoms with Crippen LogP contribution in [0.4, 0.5) is 5.82 Å². The number of aliphatic carboxylic acids is 1. The van der Waals surface area contributed by atoms with Crippen molar-refractivity contribution >= 4 is 40.3 Å². The lowest BCUT2D eigenvalue weighted by Gasteiger charge is -2.35. The molecule has 0 bridgehead atoms. The first kappa shape index (κ1) is 43.9. The number of fused-ring (bicyclic) bond motifs is 2. The number of hydrogen-bond acceptors (Lipinski definition) is 12. The Balaban J connectivity index is 1.07. The molecule has 3 aromatic rings. The molecule has 2 N–H and O–H groups in total. The molecular formula is C47H64N6O9. The Bertz CT molecular complexity index is 2130. The zero-order valence-corrected chi connectivity index (χ0v) is 37.1. The fourth-order valence-corrected chi connectivity index (χ4v) is 10.0. The Morgan fingerprint density at radius 1 is 1.02 bits per heavy atom. The van der Waals surface area contributed by atoms with E-state index in [1.807, 2.05) is 78.1 Å². The summed E-state index contributed by atoms with van der Waals surface area (Å²) in [5.74, 6) is 0.720. The number of ketones is 1. The molecule has 8 atom stereocenters. The van der Waals surface area contributed by atoms with Crippen molar-refractivity contribution in [2.75, 3.05) is 51.3 Å². The van der Waals surface area contributed by atoms with Crippen molar-refractivity contribution < 1.29 is 43.2 Å². The number of hydrogen-bond donors (Lipinski definition) is 2. The summed E-state index contributed by atoms with van der Waals surface area (Å²) in [5, 5.41) is 19.1. The van der Waals surface area contributed by atoms with Crippen LogP contribution < -0.4 is 14.8 Å². The molecule has 5 fully saturated rings. The van der Waals surface area contributed by atoms with Gasteiger partial charge in [-0.2, -0.15) is 0 Å². The number of carboxylic acid groups (broad SMARTS) is 1. The molecule has 8 rings (SSSR count). The molecule has 4 heterocycles. The fraction of sp³-hybridized carbons (Fsp3) is 0.660. The van der Waals surface area contributed by atoms with Gasteiger partial charge in [-0.3, -0.25) is 24.1 Å². The molecule has 15 nitrogen and oxygen atoms in total. The van der Waals surface area contributed by atoms with Gasteiger partial charge in [0.15, 0.2) is 11.6 Å². The number of nitrogens with zero attached hydrogens (tertiary/aromatic N) is 5. The molecule has 1 aromatic carbocycles. The maximum Gasteiger partial charge on any atom is 0.310 e. The highest BCUT2D eigenvalue weighted by Gasteiger charge is 2.61. The van der Waals surface area contributed by atoms with Crippen molar-refractivity contribution in [2.24, 2.45) is 34.5 Å². The first-order valence-electron chi connectivity index (χ1n) is 22.7. The van der Waals surface area contributed by atoms with Crippen LogP contribution >= 0.6 is 0 Å². The van der Waals surface area contributed by atoms with Gasteiger partial charge < -0.3 is 34.3 Å². The van der Waals surface area contributed by atoms with Crippen LogP contribution in [0.2, 0.25) is 0 Å². The number of Topliss-reactive ketones (excluding diaryl/α,β-unsaturated/α-hetero) is 1. The summed E-state index contributed by atoms with van der Waals surface area (Å²) in [6, 6.07) is 8.60. The molecule has 3 aliphatic carbocycles. The van der Waals surface area contributed by atoms with E-state index in [0.717, 1.165) is 32.5 Å². The van der Waals surface area contributed by atoms with E-state index in [1.54, 1.807) is 9.58 Å². The fourth-order valence-electron chi connectivity index (χ4n) is 10.0. The van der Waals surface area contributed by atoms with E-state index in [0.29, 0.717) is 78.5 Å². The molecule has 15 heteroatoms. The first-order chi connectivity index (χ1) is 29.6. The van der Waals surface area contributed by atoms with Gasteiger partial charge in [0.1, 0.15) is 36.1 Å². The minimum absolute atomic E-state index is 0.0756. The molecule has 5 aliphatic rings. The third-order valence-electron chi connectivity index (χ3n) is 13.8. The largest absolute Gasteiger partial charge is 0.492 e. The van der Waals surface area contributed by atoms with Crippen molar-refractivity contribution in [3.05, 3.63) is 36.5 Å². The molecule has 0 radical (unpaired) electrons. The molecule has 62 heavy (non-hydrogen) atoms. The Hall–Kier alpha value is -4.76. The monoisotopic (exact) mass is 856 g/mol. The zero-order valence-electron chi connectivity index (χ0n) is 37.1. The van der Waals surface area contributed by atoms with E-state index < -0.39 is 40.8 Å². The van der Waals surface area contributed by atoms with Crippen LogP contribution in [0.3, 0.4) is 0 Å². The summed E-state index contributed by atoms with van der Waals surface area (Å²) in [6.07, 6.45) is 4.99. The number of esters is 1. The minimum Gasteiger partial charge on any atom is -0.492 e. The van der Waals surface area contributed by atoms with E-state index in [1.165, 1.54) is 6.42 Å². The van der Waals surface area contributed by atoms with Crippen molar-refractivity contribution in [2.45, 2.75) is 117 Å². The number of carbonyl (C=O) groups excluding carboxylic acids is 3. The predicted octanol–water partition coefficient (Wildman–Crippen LogP) is 6.15. The van der Waals surface area contributed by atoms with E-state index in [2.05, 4.69) is 10.2 Å². The van der Waals surface area contributed by atoms with Crippen LogP contribution in [0.1, 0.15) is 92.9 Å². The minimum atomic E-state index is -1.14. The number of ether oxygens (including phenoxy) is 4. The molecule has 3 unspecified atom stereocenters. The third-order valence-corrected chi connectivity index (χ3v) is 13.8. The summed E-state index contributed by atoms with van der Waals surface area (Å²) in [6.45, 7) is 16.3. The Labute approximate surface area is 364 Å². The smallest absolute Gasteiger partial charge is 0.310 e. The van der Waals surface area contributed by atoms with Gasteiger partial charge in [-0.15, -0.1) is 5.10 Å². The second-order valence-corrected chi connectivity index (χ2v) is 19.8. The zero-order chi connectivity index (χ0) is 43.9. The Kier molecular flexibility index (Phi) is 12.6. The van der Waals surface area contributed by atoms with Crippen LogP contribution in [0.5, 0.6) is 11.5 Å². The summed E-state index contributed by atoms with van der Waals surface area (Å²) < 4.78 is 26.1.